The van der Waals surface area contributed by atoms with Crippen molar-refractivity contribution >= 4 is 27.5 Å². The molecule has 0 aliphatic rings. The number of aromatic nitrogens is 3. The highest BCUT2D eigenvalue weighted by Crippen LogP contribution is 2.27. The van der Waals surface area contributed by atoms with Gasteiger partial charge in [-0.05, 0) is 44.2 Å². The summed E-state index contributed by atoms with van der Waals surface area (Å²) >= 11 is 0. The van der Waals surface area contributed by atoms with E-state index in [0.717, 1.165) is 33.6 Å². The first-order valence-corrected chi connectivity index (χ1v) is 6.49. The molecule has 4 aromatic rings. The van der Waals surface area contributed by atoms with Crippen molar-refractivity contribution in [2.75, 3.05) is 0 Å². The van der Waals surface area contributed by atoms with E-state index >= 15 is 0 Å². The quantitative estimate of drug-likeness (QED) is 0.484. The van der Waals surface area contributed by atoms with Gasteiger partial charge < -0.3 is 0 Å². The van der Waals surface area contributed by atoms with E-state index < -0.39 is 0 Å². The van der Waals surface area contributed by atoms with Crippen LogP contribution < -0.4 is 0 Å². The molecule has 0 N–H and O–H groups in total. The molecule has 0 radical (unpaired) electrons. The molecule has 3 nitrogen and oxygen atoms in total. The van der Waals surface area contributed by atoms with Crippen LogP contribution in [0.3, 0.4) is 0 Å². The minimum absolute atomic E-state index is 0.216. The summed E-state index contributed by atoms with van der Waals surface area (Å²) < 4.78 is 15.9. The lowest BCUT2D eigenvalue weighted by Crippen LogP contribution is -1.98. The van der Waals surface area contributed by atoms with Crippen molar-refractivity contribution in [1.29, 1.82) is 0 Å². The molecule has 0 aliphatic carbocycles. The van der Waals surface area contributed by atoms with E-state index in [2.05, 4.69) is 9.97 Å². The molecule has 0 fully saturated rings. The first kappa shape index (κ1) is 11.3. The molecular weight excluding hydrogens is 253 g/mol. The second-order valence-electron chi connectivity index (χ2n) is 5.02. The van der Waals surface area contributed by atoms with Crippen molar-refractivity contribution in [3.63, 3.8) is 0 Å². The highest BCUT2D eigenvalue weighted by Gasteiger charge is 2.13. The third-order valence-corrected chi connectivity index (χ3v) is 3.65. The van der Waals surface area contributed by atoms with Crippen molar-refractivity contribution in [2.24, 2.45) is 0 Å². The van der Waals surface area contributed by atoms with Gasteiger partial charge in [-0.2, -0.15) is 0 Å². The fraction of sp³-hybridized carbons (Fsp3) is 0.125. The number of fused-ring (bicyclic) bond motifs is 5. The Morgan fingerprint density at radius 3 is 2.70 bits per heavy atom. The summed E-state index contributed by atoms with van der Waals surface area (Å²) in [6.45, 7) is 3.87. The average molecular weight is 265 g/mol. The topological polar surface area (TPSA) is 30.2 Å². The maximum absolute atomic E-state index is 14.0. The van der Waals surface area contributed by atoms with Gasteiger partial charge in [0, 0.05) is 11.1 Å². The summed E-state index contributed by atoms with van der Waals surface area (Å²) in [5.74, 6) is 0.616. The number of benzene rings is 1. The predicted octanol–water partition coefficient (Wildman–Crippen LogP) is 3.79. The average Bonchev–Trinajstić information content (AvgIpc) is 2.82. The molecule has 0 unspecified atom stereocenters. The van der Waals surface area contributed by atoms with Crippen molar-refractivity contribution < 1.29 is 4.39 Å². The molecule has 0 spiro atoms. The Hall–Kier alpha value is -2.49. The maximum atomic E-state index is 14.0. The van der Waals surface area contributed by atoms with Crippen LogP contribution in [-0.2, 0) is 0 Å². The zero-order valence-corrected chi connectivity index (χ0v) is 11.2. The van der Waals surface area contributed by atoms with Crippen LogP contribution in [0.1, 0.15) is 11.5 Å². The Morgan fingerprint density at radius 2 is 1.85 bits per heavy atom. The van der Waals surface area contributed by atoms with E-state index in [9.17, 15) is 4.39 Å². The highest BCUT2D eigenvalue weighted by atomic mass is 19.1. The van der Waals surface area contributed by atoms with Crippen LogP contribution in [0.5, 0.6) is 0 Å². The summed E-state index contributed by atoms with van der Waals surface area (Å²) in [5, 5.41) is 0.605. The molecule has 1 aromatic carbocycles. The number of pyridine rings is 1. The Kier molecular flexibility index (Phi) is 2.13. The van der Waals surface area contributed by atoms with E-state index in [1.54, 1.807) is 6.07 Å². The molecular formula is C16H12FN3. The van der Waals surface area contributed by atoms with E-state index in [1.807, 2.05) is 42.5 Å². The van der Waals surface area contributed by atoms with Crippen LogP contribution in [0.4, 0.5) is 4.39 Å². The normalized spacial score (nSPS) is 11.8. The number of hydrogen-bond acceptors (Lipinski definition) is 2. The van der Waals surface area contributed by atoms with Crippen LogP contribution in [0.2, 0.25) is 0 Å². The van der Waals surface area contributed by atoms with Crippen LogP contribution in [-0.4, -0.2) is 14.4 Å². The Balaban J connectivity index is 2.35. The SMILES string of the molecule is Cc1ccc2nc(C)n3c4cccc(F)c4cc3c2n1. The number of hydrogen-bond donors (Lipinski definition) is 0. The largest absolute Gasteiger partial charge is 0.296 e. The summed E-state index contributed by atoms with van der Waals surface area (Å²) in [5.41, 5.74) is 4.30. The Labute approximate surface area is 114 Å². The highest BCUT2D eigenvalue weighted by molar-refractivity contribution is 5.99. The van der Waals surface area contributed by atoms with Gasteiger partial charge in [-0.3, -0.25) is 4.40 Å². The molecule has 0 amide bonds. The number of rotatable bonds is 0. The molecule has 3 aromatic heterocycles. The van der Waals surface area contributed by atoms with Crippen LogP contribution in [0.15, 0.2) is 36.4 Å². The lowest BCUT2D eigenvalue weighted by atomic mass is 10.2. The van der Waals surface area contributed by atoms with Gasteiger partial charge in [0.05, 0.1) is 16.6 Å². The van der Waals surface area contributed by atoms with E-state index in [-0.39, 0.29) is 5.82 Å². The Morgan fingerprint density at radius 1 is 1.00 bits per heavy atom. The lowest BCUT2D eigenvalue weighted by Gasteiger charge is -2.06. The second-order valence-corrected chi connectivity index (χ2v) is 5.02. The number of halogens is 1. The van der Waals surface area contributed by atoms with Crippen molar-refractivity contribution in [3.8, 4) is 0 Å². The number of aryl methyl sites for hydroxylation is 2. The maximum Gasteiger partial charge on any atom is 0.132 e. The molecule has 98 valence electrons. The van der Waals surface area contributed by atoms with Gasteiger partial charge >= 0.3 is 0 Å². The van der Waals surface area contributed by atoms with Crippen LogP contribution in [0, 0.1) is 19.7 Å². The van der Waals surface area contributed by atoms with Gasteiger partial charge in [-0.1, -0.05) is 6.07 Å². The minimum Gasteiger partial charge on any atom is -0.296 e. The first-order valence-electron chi connectivity index (χ1n) is 6.49. The lowest BCUT2D eigenvalue weighted by molar-refractivity contribution is 0.640. The molecule has 0 saturated heterocycles. The zero-order chi connectivity index (χ0) is 13.9. The third-order valence-electron chi connectivity index (χ3n) is 3.65. The zero-order valence-electron chi connectivity index (χ0n) is 11.2. The predicted molar refractivity (Wildman–Crippen MR) is 77.4 cm³/mol. The minimum atomic E-state index is -0.216. The summed E-state index contributed by atoms with van der Waals surface area (Å²) in [6.07, 6.45) is 0. The molecule has 0 saturated carbocycles. The van der Waals surface area contributed by atoms with Gasteiger partial charge in [-0.25, -0.2) is 14.4 Å². The standard InChI is InChI=1S/C16H12FN3/c1-9-6-7-13-16(18-9)15-8-11-12(17)4-3-5-14(11)20(15)10(2)19-13/h3-8H,1-2H3. The molecule has 4 rings (SSSR count). The second kappa shape index (κ2) is 3.76. The molecule has 0 aliphatic heterocycles. The van der Waals surface area contributed by atoms with Gasteiger partial charge in [0.2, 0.25) is 0 Å². The van der Waals surface area contributed by atoms with Crippen molar-refractivity contribution in [3.05, 3.63) is 53.7 Å². The molecule has 0 bridgehead atoms. The number of nitrogens with zero attached hydrogens (tertiary/aromatic N) is 3. The van der Waals surface area contributed by atoms with Gasteiger partial charge in [0.1, 0.15) is 17.2 Å². The van der Waals surface area contributed by atoms with Gasteiger partial charge in [0.15, 0.2) is 0 Å². The first-order chi connectivity index (χ1) is 9.65. The summed E-state index contributed by atoms with van der Waals surface area (Å²) in [7, 11) is 0. The summed E-state index contributed by atoms with van der Waals surface area (Å²) in [4.78, 5) is 9.14. The van der Waals surface area contributed by atoms with E-state index in [4.69, 9.17) is 0 Å². The van der Waals surface area contributed by atoms with Gasteiger partial charge in [-0.15, -0.1) is 0 Å². The molecule has 4 heteroatoms. The Bertz CT molecular complexity index is 985. The fourth-order valence-electron chi connectivity index (χ4n) is 2.77. The smallest absolute Gasteiger partial charge is 0.132 e. The molecule has 0 atom stereocenters. The summed E-state index contributed by atoms with van der Waals surface area (Å²) in [6, 6.07) is 10.9. The molecule has 20 heavy (non-hydrogen) atoms. The van der Waals surface area contributed by atoms with Crippen LogP contribution >= 0.6 is 0 Å². The third kappa shape index (κ3) is 1.39. The van der Waals surface area contributed by atoms with Crippen LogP contribution in [0.25, 0.3) is 27.5 Å². The fourth-order valence-corrected chi connectivity index (χ4v) is 2.77. The van der Waals surface area contributed by atoms with Crippen molar-refractivity contribution in [2.45, 2.75) is 13.8 Å². The van der Waals surface area contributed by atoms with Gasteiger partial charge in [0.25, 0.3) is 0 Å². The molecule has 3 heterocycles. The van der Waals surface area contributed by atoms with E-state index in [0.29, 0.717) is 5.39 Å². The van der Waals surface area contributed by atoms with Crippen molar-refractivity contribution in [1.82, 2.24) is 14.4 Å². The monoisotopic (exact) mass is 265 g/mol. The van der Waals surface area contributed by atoms with E-state index in [1.165, 1.54) is 6.07 Å².